The van der Waals surface area contributed by atoms with Crippen molar-refractivity contribution in [3.8, 4) is 0 Å². The average molecular weight is 318 g/mol. The first kappa shape index (κ1) is 16.7. The molecule has 4 nitrogen and oxygen atoms in total. The van der Waals surface area contributed by atoms with Crippen LogP contribution in [-0.2, 0) is 4.74 Å². The Kier molecular flexibility index (Phi) is 5.17. The van der Waals surface area contributed by atoms with Crippen molar-refractivity contribution in [3.05, 3.63) is 41.0 Å². The first-order valence-corrected chi connectivity index (χ1v) is 8.48. The maximum absolute atomic E-state index is 9.78. The highest BCUT2D eigenvalue weighted by atomic mass is 16.6. The van der Waals surface area contributed by atoms with E-state index >= 15 is 0 Å². The highest BCUT2D eigenvalue weighted by molar-refractivity contribution is 5.59. The van der Waals surface area contributed by atoms with Gasteiger partial charge in [0.15, 0.2) is 6.29 Å². The molecule has 5 unspecified atom stereocenters. The predicted octanol–water partition coefficient (Wildman–Crippen LogP) is 2.35. The van der Waals surface area contributed by atoms with Crippen LogP contribution in [0.2, 0.25) is 0 Å². The van der Waals surface area contributed by atoms with E-state index in [1.807, 2.05) is 0 Å². The molecule has 23 heavy (non-hydrogen) atoms. The predicted molar refractivity (Wildman–Crippen MR) is 88.9 cm³/mol. The Bertz CT molecular complexity index is 558. The van der Waals surface area contributed by atoms with Gasteiger partial charge in [-0.15, -0.1) is 0 Å². The number of benzene rings is 1. The summed E-state index contributed by atoms with van der Waals surface area (Å²) in [7, 11) is 0. The number of fused-ring (bicyclic) bond motifs is 1. The molecule has 1 heterocycles. The molecule has 126 valence electrons. The molecule has 1 aromatic carbocycles. The van der Waals surface area contributed by atoms with Gasteiger partial charge in [0, 0.05) is 18.9 Å². The maximum Gasteiger partial charge on any atom is 0.157 e. The molecule has 1 fully saturated rings. The number of rotatable bonds is 4. The molecular weight excluding hydrogens is 292 g/mol. The summed E-state index contributed by atoms with van der Waals surface area (Å²) >= 11 is 0. The van der Waals surface area contributed by atoms with E-state index in [2.05, 4.69) is 37.3 Å². The molecule has 5 atom stereocenters. The van der Waals surface area contributed by atoms with Crippen LogP contribution in [0.1, 0.15) is 48.3 Å². The zero-order chi connectivity index (χ0) is 16.4. The molecule has 0 aromatic heterocycles. The van der Waals surface area contributed by atoms with Crippen molar-refractivity contribution in [2.24, 2.45) is 5.92 Å². The first-order valence-electron chi connectivity index (χ1n) is 8.48. The number of hydrogen-bond acceptors (Lipinski definition) is 4. The summed E-state index contributed by atoms with van der Waals surface area (Å²) in [6.07, 6.45) is 5.24. The van der Waals surface area contributed by atoms with Crippen LogP contribution in [0.3, 0.4) is 0 Å². The van der Waals surface area contributed by atoms with Gasteiger partial charge in [0.05, 0.1) is 12.2 Å². The van der Waals surface area contributed by atoms with Crippen molar-refractivity contribution < 1.29 is 20.1 Å². The van der Waals surface area contributed by atoms with Gasteiger partial charge in [0.2, 0.25) is 0 Å². The van der Waals surface area contributed by atoms with Crippen molar-refractivity contribution in [1.82, 2.24) is 0 Å². The maximum atomic E-state index is 9.78. The minimum Gasteiger partial charge on any atom is -0.396 e. The average Bonchev–Trinajstić information content (AvgIpc) is 2.51. The fraction of sp³-hybridized carbons (Fsp3) is 0.579. The SMILES string of the molecule is Cc1ccc2c(c1)C=CC(CO)C2CCC1CC(O)CC(O)O1. The molecule has 1 saturated heterocycles. The van der Waals surface area contributed by atoms with Gasteiger partial charge in [-0.05, 0) is 43.2 Å². The van der Waals surface area contributed by atoms with E-state index in [0.29, 0.717) is 12.8 Å². The molecule has 0 spiro atoms. The lowest BCUT2D eigenvalue weighted by atomic mass is 9.76. The summed E-state index contributed by atoms with van der Waals surface area (Å²) in [4.78, 5) is 0. The first-order chi connectivity index (χ1) is 11.1. The smallest absolute Gasteiger partial charge is 0.157 e. The van der Waals surface area contributed by atoms with E-state index in [1.54, 1.807) is 0 Å². The molecule has 0 amide bonds. The Labute approximate surface area is 137 Å². The van der Waals surface area contributed by atoms with Crippen molar-refractivity contribution in [2.45, 2.75) is 57.0 Å². The topological polar surface area (TPSA) is 69.9 Å². The van der Waals surface area contributed by atoms with Crippen LogP contribution in [-0.4, -0.2) is 40.4 Å². The normalized spacial score (nSPS) is 33.5. The highest BCUT2D eigenvalue weighted by Gasteiger charge is 2.30. The third-order valence-corrected chi connectivity index (χ3v) is 5.05. The zero-order valence-corrected chi connectivity index (χ0v) is 13.6. The molecule has 0 saturated carbocycles. The number of ether oxygens (including phenoxy) is 1. The van der Waals surface area contributed by atoms with Crippen LogP contribution >= 0.6 is 0 Å². The Morgan fingerprint density at radius 1 is 1.17 bits per heavy atom. The number of aliphatic hydroxyl groups excluding tert-OH is 3. The van der Waals surface area contributed by atoms with Crippen LogP contribution in [0.15, 0.2) is 24.3 Å². The molecule has 4 heteroatoms. The zero-order valence-electron chi connectivity index (χ0n) is 13.6. The van der Waals surface area contributed by atoms with E-state index in [9.17, 15) is 15.3 Å². The molecule has 1 aliphatic heterocycles. The Hall–Kier alpha value is -1.20. The molecule has 3 rings (SSSR count). The van der Waals surface area contributed by atoms with Crippen molar-refractivity contribution in [2.75, 3.05) is 6.61 Å². The second kappa shape index (κ2) is 7.14. The van der Waals surface area contributed by atoms with E-state index in [-0.39, 0.29) is 24.5 Å². The molecule has 3 N–H and O–H groups in total. The van der Waals surface area contributed by atoms with E-state index < -0.39 is 12.4 Å². The van der Waals surface area contributed by atoms with Crippen LogP contribution in [0.25, 0.3) is 6.08 Å². The van der Waals surface area contributed by atoms with Gasteiger partial charge >= 0.3 is 0 Å². The number of hydrogen-bond donors (Lipinski definition) is 3. The van der Waals surface area contributed by atoms with Gasteiger partial charge in [-0.25, -0.2) is 0 Å². The number of aliphatic hydroxyl groups is 3. The second-order valence-corrected chi connectivity index (χ2v) is 6.86. The summed E-state index contributed by atoms with van der Waals surface area (Å²) in [5.41, 5.74) is 3.73. The third kappa shape index (κ3) is 3.83. The summed E-state index contributed by atoms with van der Waals surface area (Å²) in [6.45, 7) is 2.21. The summed E-state index contributed by atoms with van der Waals surface area (Å²) in [6, 6.07) is 6.45. The molecule has 1 aliphatic carbocycles. The molecule has 0 bridgehead atoms. The largest absolute Gasteiger partial charge is 0.396 e. The quantitative estimate of drug-likeness (QED) is 0.797. The molecule has 2 aliphatic rings. The van der Waals surface area contributed by atoms with Gasteiger partial charge < -0.3 is 20.1 Å². The van der Waals surface area contributed by atoms with Gasteiger partial charge in [-0.1, -0.05) is 35.9 Å². The van der Waals surface area contributed by atoms with Gasteiger partial charge in [-0.3, -0.25) is 0 Å². The molecule has 1 aromatic rings. The van der Waals surface area contributed by atoms with Crippen molar-refractivity contribution in [1.29, 1.82) is 0 Å². The Balaban J connectivity index is 1.71. The Morgan fingerprint density at radius 3 is 2.74 bits per heavy atom. The van der Waals surface area contributed by atoms with Crippen molar-refractivity contribution >= 4 is 6.08 Å². The lowest BCUT2D eigenvalue weighted by Gasteiger charge is -2.33. The minimum atomic E-state index is -0.862. The summed E-state index contributed by atoms with van der Waals surface area (Å²) in [5.74, 6) is 0.365. The fourth-order valence-corrected chi connectivity index (χ4v) is 3.84. The lowest BCUT2D eigenvalue weighted by molar-refractivity contribution is -0.190. The van der Waals surface area contributed by atoms with E-state index in [1.165, 1.54) is 16.7 Å². The van der Waals surface area contributed by atoms with Gasteiger partial charge in [-0.2, -0.15) is 0 Å². The standard InChI is InChI=1S/C19H26O4/c1-12-2-6-17-13(8-12)3-4-14(11-20)18(17)7-5-16-9-15(21)10-19(22)23-16/h2-4,6,8,14-16,18-22H,5,7,9-11H2,1H3. The fourth-order valence-electron chi connectivity index (χ4n) is 3.84. The Morgan fingerprint density at radius 2 is 2.00 bits per heavy atom. The highest BCUT2D eigenvalue weighted by Crippen LogP contribution is 2.38. The van der Waals surface area contributed by atoms with Crippen LogP contribution in [0.4, 0.5) is 0 Å². The monoisotopic (exact) mass is 318 g/mol. The number of aryl methyl sites for hydroxylation is 1. The molecule has 0 radical (unpaired) electrons. The van der Waals surface area contributed by atoms with Crippen molar-refractivity contribution in [3.63, 3.8) is 0 Å². The van der Waals surface area contributed by atoms with E-state index in [4.69, 9.17) is 4.74 Å². The lowest BCUT2D eigenvalue weighted by Crippen LogP contribution is -2.36. The van der Waals surface area contributed by atoms with Crippen LogP contribution in [0, 0.1) is 12.8 Å². The van der Waals surface area contributed by atoms with Gasteiger partial charge in [0.1, 0.15) is 0 Å². The molecular formula is C19H26O4. The van der Waals surface area contributed by atoms with Gasteiger partial charge in [0.25, 0.3) is 0 Å². The van der Waals surface area contributed by atoms with Crippen LogP contribution < -0.4 is 0 Å². The summed E-state index contributed by atoms with van der Waals surface area (Å²) < 4.78 is 5.54. The summed E-state index contributed by atoms with van der Waals surface area (Å²) in [5, 5.41) is 29.1. The van der Waals surface area contributed by atoms with E-state index in [0.717, 1.165) is 12.8 Å². The third-order valence-electron chi connectivity index (χ3n) is 5.05. The second-order valence-electron chi connectivity index (χ2n) is 6.86. The van der Waals surface area contributed by atoms with Crippen LogP contribution in [0.5, 0.6) is 0 Å². The minimum absolute atomic E-state index is 0.114.